The molecule has 0 bridgehead atoms. The molecule has 0 radical (unpaired) electrons. The van der Waals surface area contributed by atoms with Gasteiger partial charge in [0, 0.05) is 42.5 Å². The molecule has 0 saturated carbocycles. The lowest BCUT2D eigenvalue weighted by molar-refractivity contribution is 0.641. The van der Waals surface area contributed by atoms with Crippen molar-refractivity contribution >= 4 is 47.0 Å². The molecule has 3 atom stereocenters. The standard InChI is InChI=1S/C11H18S4/c1-9(5-13-9)4-12-8(10(2)6-14-10)11(3)7-15-11/h8H,4-7H2,1-3H3. The minimum absolute atomic E-state index is 0.610. The molecule has 0 aromatic heterocycles. The number of rotatable bonds is 5. The van der Waals surface area contributed by atoms with Gasteiger partial charge in [0.25, 0.3) is 0 Å². The second kappa shape index (κ2) is 3.46. The fraction of sp³-hybridized carbons (Fsp3) is 1.00. The highest BCUT2D eigenvalue weighted by atomic mass is 32.2. The van der Waals surface area contributed by atoms with Crippen molar-refractivity contribution in [3.05, 3.63) is 0 Å². The van der Waals surface area contributed by atoms with E-state index in [1.165, 1.54) is 23.0 Å². The molecule has 0 N–H and O–H groups in total. The maximum absolute atomic E-state index is 2.47. The number of hydrogen-bond donors (Lipinski definition) is 0. The molecule has 15 heavy (non-hydrogen) atoms. The summed E-state index contributed by atoms with van der Waals surface area (Å²) in [5.74, 6) is 5.55. The zero-order valence-electron chi connectivity index (χ0n) is 9.54. The lowest BCUT2D eigenvalue weighted by Gasteiger charge is -2.27. The summed E-state index contributed by atoms with van der Waals surface area (Å²) in [5, 5.41) is 0.887. The van der Waals surface area contributed by atoms with Crippen LogP contribution in [0.15, 0.2) is 0 Å². The molecule has 3 saturated heterocycles. The molecule has 0 amide bonds. The van der Waals surface area contributed by atoms with Gasteiger partial charge in [-0.15, -0.1) is 0 Å². The summed E-state index contributed by atoms with van der Waals surface area (Å²) in [6.07, 6.45) is 0. The number of hydrogen-bond acceptors (Lipinski definition) is 4. The van der Waals surface area contributed by atoms with Gasteiger partial charge in [-0.3, -0.25) is 0 Å². The van der Waals surface area contributed by atoms with Crippen LogP contribution in [0.3, 0.4) is 0 Å². The van der Waals surface area contributed by atoms with E-state index >= 15 is 0 Å². The van der Waals surface area contributed by atoms with Crippen molar-refractivity contribution in [2.75, 3.05) is 23.0 Å². The van der Waals surface area contributed by atoms with E-state index in [1.54, 1.807) is 0 Å². The number of thioether (sulfide) groups is 4. The van der Waals surface area contributed by atoms with E-state index in [0.29, 0.717) is 14.2 Å². The zero-order valence-corrected chi connectivity index (χ0v) is 12.8. The highest BCUT2D eigenvalue weighted by Gasteiger charge is 2.59. The summed E-state index contributed by atoms with van der Waals surface area (Å²) >= 11 is 8.76. The van der Waals surface area contributed by atoms with E-state index in [-0.39, 0.29) is 0 Å². The fourth-order valence-corrected chi connectivity index (χ4v) is 7.22. The first-order chi connectivity index (χ1) is 6.96. The van der Waals surface area contributed by atoms with Crippen molar-refractivity contribution in [2.24, 2.45) is 0 Å². The molecular weight excluding hydrogens is 260 g/mol. The van der Waals surface area contributed by atoms with E-state index in [9.17, 15) is 0 Å². The molecule has 3 aliphatic heterocycles. The predicted molar refractivity (Wildman–Crippen MR) is 78.8 cm³/mol. The average Bonchev–Trinajstić information content (AvgIpc) is 3.02. The summed E-state index contributed by atoms with van der Waals surface area (Å²) in [4.78, 5) is 0. The van der Waals surface area contributed by atoms with E-state index in [2.05, 4.69) is 67.8 Å². The summed E-state index contributed by atoms with van der Waals surface area (Å²) in [5.41, 5.74) is 0. The Morgan fingerprint density at radius 1 is 1.00 bits per heavy atom. The van der Waals surface area contributed by atoms with Crippen molar-refractivity contribution in [3.63, 3.8) is 0 Å². The maximum Gasteiger partial charge on any atom is 0.0355 e. The van der Waals surface area contributed by atoms with Crippen LogP contribution in [0.2, 0.25) is 0 Å². The Kier molecular flexibility index (Phi) is 2.65. The largest absolute Gasteiger partial charge is 0.154 e. The van der Waals surface area contributed by atoms with E-state index in [4.69, 9.17) is 0 Å². The van der Waals surface area contributed by atoms with Gasteiger partial charge in [-0.1, -0.05) is 0 Å². The summed E-state index contributed by atoms with van der Waals surface area (Å²) in [7, 11) is 0. The third kappa shape index (κ3) is 2.34. The van der Waals surface area contributed by atoms with Crippen LogP contribution < -0.4 is 0 Å². The Morgan fingerprint density at radius 3 is 1.80 bits per heavy atom. The van der Waals surface area contributed by atoms with Gasteiger partial charge in [0.2, 0.25) is 0 Å². The van der Waals surface area contributed by atoms with Gasteiger partial charge in [0.1, 0.15) is 0 Å². The van der Waals surface area contributed by atoms with Gasteiger partial charge in [0.05, 0.1) is 0 Å². The van der Waals surface area contributed by atoms with Crippen LogP contribution in [0.25, 0.3) is 0 Å². The molecule has 3 fully saturated rings. The van der Waals surface area contributed by atoms with Gasteiger partial charge in [-0.25, -0.2) is 0 Å². The Labute approximate surface area is 110 Å². The van der Waals surface area contributed by atoms with Crippen molar-refractivity contribution in [1.29, 1.82) is 0 Å². The highest BCUT2D eigenvalue weighted by molar-refractivity contribution is 8.13. The monoisotopic (exact) mass is 278 g/mol. The first-order valence-corrected chi connectivity index (χ1v) is 9.50. The quantitative estimate of drug-likeness (QED) is 0.704. The normalized spacial score (nSPS) is 53.8. The first kappa shape index (κ1) is 11.5. The van der Waals surface area contributed by atoms with Crippen LogP contribution in [0.4, 0.5) is 0 Å². The molecule has 3 rings (SSSR count). The smallest absolute Gasteiger partial charge is 0.0355 e. The summed E-state index contributed by atoms with van der Waals surface area (Å²) < 4.78 is 1.85. The molecule has 86 valence electrons. The van der Waals surface area contributed by atoms with E-state index < -0.39 is 0 Å². The molecule has 3 aliphatic rings. The van der Waals surface area contributed by atoms with Gasteiger partial charge in [-0.2, -0.15) is 47.0 Å². The van der Waals surface area contributed by atoms with Gasteiger partial charge in [-0.05, 0) is 20.8 Å². The molecule has 4 heteroatoms. The van der Waals surface area contributed by atoms with Crippen molar-refractivity contribution in [3.8, 4) is 0 Å². The van der Waals surface area contributed by atoms with Gasteiger partial charge in [0.15, 0.2) is 0 Å². The Hall–Kier alpha value is 1.40. The summed E-state index contributed by atoms with van der Waals surface area (Å²) in [6, 6.07) is 0. The van der Waals surface area contributed by atoms with Crippen molar-refractivity contribution in [1.82, 2.24) is 0 Å². The molecule has 0 spiro atoms. The molecule has 3 heterocycles. The van der Waals surface area contributed by atoms with E-state index in [1.807, 2.05) is 0 Å². The second-order valence-corrected chi connectivity index (χ2v) is 11.3. The van der Waals surface area contributed by atoms with Gasteiger partial charge < -0.3 is 0 Å². The third-order valence-corrected chi connectivity index (χ3v) is 10.4. The van der Waals surface area contributed by atoms with Crippen LogP contribution in [0.5, 0.6) is 0 Å². The van der Waals surface area contributed by atoms with E-state index in [0.717, 1.165) is 5.25 Å². The highest BCUT2D eigenvalue weighted by Crippen LogP contribution is 2.63. The molecular formula is C11H18S4. The van der Waals surface area contributed by atoms with Crippen LogP contribution >= 0.6 is 47.0 Å². The lowest BCUT2D eigenvalue weighted by Crippen LogP contribution is -2.35. The summed E-state index contributed by atoms with van der Waals surface area (Å²) in [6.45, 7) is 7.37. The minimum Gasteiger partial charge on any atom is -0.154 e. The molecule has 0 aliphatic carbocycles. The van der Waals surface area contributed by atoms with Gasteiger partial charge >= 0.3 is 0 Å². The average molecular weight is 279 g/mol. The topological polar surface area (TPSA) is 0 Å². The first-order valence-electron chi connectivity index (χ1n) is 5.49. The Balaban J connectivity index is 1.63. The van der Waals surface area contributed by atoms with Crippen LogP contribution in [-0.2, 0) is 0 Å². The van der Waals surface area contributed by atoms with Crippen LogP contribution in [0, 0.1) is 0 Å². The third-order valence-electron chi connectivity index (χ3n) is 3.50. The molecule has 0 nitrogen and oxygen atoms in total. The van der Waals surface area contributed by atoms with Crippen LogP contribution in [-0.4, -0.2) is 42.5 Å². The van der Waals surface area contributed by atoms with Crippen LogP contribution in [0.1, 0.15) is 20.8 Å². The molecule has 0 aromatic rings. The lowest BCUT2D eigenvalue weighted by atomic mass is 9.99. The molecule has 3 unspecified atom stereocenters. The predicted octanol–water partition coefficient (Wildman–Crippen LogP) is 3.60. The SMILES string of the molecule is CC1(CSC(C2(C)CS2)C2(C)CS2)CS1. The van der Waals surface area contributed by atoms with Crippen molar-refractivity contribution < 1.29 is 0 Å². The fourth-order valence-electron chi connectivity index (χ4n) is 1.99. The molecule has 0 aromatic carbocycles. The second-order valence-electron chi connectivity index (χ2n) is 5.63. The Morgan fingerprint density at radius 2 is 1.47 bits per heavy atom. The van der Waals surface area contributed by atoms with Crippen molar-refractivity contribution in [2.45, 2.75) is 40.3 Å². The minimum atomic E-state index is 0.610. The maximum atomic E-state index is 2.47. The zero-order chi connectivity index (χ0) is 10.7. The Bertz CT molecular complexity index is 258.